The number of amides is 3. The zero-order valence-corrected chi connectivity index (χ0v) is 21.5. The van der Waals surface area contributed by atoms with E-state index in [4.69, 9.17) is 11.6 Å². The number of para-hydroxylation sites is 1. The number of hydrogen-bond acceptors (Lipinski definition) is 3. The number of carbonyl (C=O) groups excluding carboxylic acids is 3. The number of aryl methyl sites for hydroxylation is 2. The number of nitrogens with one attached hydrogen (secondary N) is 2. The van der Waals surface area contributed by atoms with Gasteiger partial charge in [0.15, 0.2) is 0 Å². The first-order chi connectivity index (χ1) is 18.3. The van der Waals surface area contributed by atoms with Crippen LogP contribution in [0.2, 0.25) is 5.02 Å². The third-order valence-electron chi connectivity index (χ3n) is 7.15. The van der Waals surface area contributed by atoms with Crippen molar-refractivity contribution < 1.29 is 14.4 Å². The minimum absolute atomic E-state index is 0.230. The van der Waals surface area contributed by atoms with Crippen molar-refractivity contribution in [2.75, 3.05) is 6.54 Å². The number of hydrogen-bond donors (Lipinski definition) is 2. The van der Waals surface area contributed by atoms with Gasteiger partial charge in [0.05, 0.1) is 6.04 Å². The second-order valence-electron chi connectivity index (χ2n) is 9.43. The van der Waals surface area contributed by atoms with E-state index in [0.717, 1.165) is 32.9 Å². The van der Waals surface area contributed by atoms with Crippen molar-refractivity contribution in [2.45, 2.75) is 6.04 Å². The highest BCUT2D eigenvalue weighted by molar-refractivity contribution is 6.31. The molecule has 3 heterocycles. The van der Waals surface area contributed by atoms with E-state index >= 15 is 0 Å². The lowest BCUT2D eigenvalue weighted by Crippen LogP contribution is -2.47. The maximum Gasteiger partial charge on any atom is 0.286 e. The summed E-state index contributed by atoms with van der Waals surface area (Å²) in [5.74, 6) is -1.22. The number of nitrogens with zero attached hydrogens (tertiary/aromatic N) is 3. The number of aromatic nitrogens is 2. The van der Waals surface area contributed by atoms with Crippen molar-refractivity contribution >= 4 is 51.1 Å². The predicted octanol–water partition coefficient (Wildman–Crippen LogP) is 4.33. The van der Waals surface area contributed by atoms with Crippen LogP contribution in [-0.4, -0.2) is 38.3 Å². The fourth-order valence-corrected chi connectivity index (χ4v) is 5.56. The molecular weight excluding hydrogens is 502 g/mol. The van der Waals surface area contributed by atoms with Gasteiger partial charge in [-0.05, 0) is 42.0 Å². The summed E-state index contributed by atoms with van der Waals surface area (Å²) in [5.41, 5.74) is 9.54. The molecular formula is C29H24ClN5O3. The third kappa shape index (κ3) is 3.81. The lowest BCUT2D eigenvalue weighted by atomic mass is 9.97. The van der Waals surface area contributed by atoms with Crippen LogP contribution in [0.5, 0.6) is 0 Å². The summed E-state index contributed by atoms with van der Waals surface area (Å²) in [6.45, 7) is -0.230. The zero-order chi connectivity index (χ0) is 26.6. The summed E-state index contributed by atoms with van der Waals surface area (Å²) >= 11 is 6.08. The Bertz CT molecular complexity index is 1770. The third-order valence-corrected chi connectivity index (χ3v) is 7.38. The summed E-state index contributed by atoms with van der Waals surface area (Å²) in [5, 5.41) is 2.40. The lowest BCUT2D eigenvalue weighted by molar-refractivity contribution is -0.122. The second kappa shape index (κ2) is 9.08. The first-order valence-electron chi connectivity index (χ1n) is 12.1. The molecule has 0 aliphatic carbocycles. The topological polar surface area (TPSA) is 88.4 Å². The van der Waals surface area contributed by atoms with Gasteiger partial charge in [-0.15, -0.1) is 0 Å². The van der Waals surface area contributed by atoms with Crippen molar-refractivity contribution in [3.63, 3.8) is 0 Å². The van der Waals surface area contributed by atoms with Crippen LogP contribution in [0.15, 0.2) is 79.0 Å². The van der Waals surface area contributed by atoms with Crippen LogP contribution in [0.25, 0.3) is 21.8 Å². The Kier molecular flexibility index (Phi) is 5.69. The molecule has 9 heteroatoms. The highest BCUT2D eigenvalue weighted by atomic mass is 35.5. The molecule has 6 rings (SSSR count). The Balaban J connectivity index is 1.25. The molecule has 0 radical (unpaired) electrons. The van der Waals surface area contributed by atoms with E-state index in [0.29, 0.717) is 16.3 Å². The molecule has 1 aliphatic rings. The molecule has 1 atom stereocenters. The van der Waals surface area contributed by atoms with E-state index in [9.17, 15) is 14.4 Å². The number of hydrazine groups is 1. The maximum atomic E-state index is 13.4. The normalized spacial score (nSPS) is 14.8. The van der Waals surface area contributed by atoms with E-state index in [1.165, 1.54) is 0 Å². The molecule has 38 heavy (non-hydrogen) atoms. The first kappa shape index (κ1) is 23.8. The van der Waals surface area contributed by atoms with E-state index in [1.807, 2.05) is 66.3 Å². The smallest absolute Gasteiger partial charge is 0.286 e. The van der Waals surface area contributed by atoms with E-state index < -0.39 is 17.9 Å². The molecule has 0 spiro atoms. The van der Waals surface area contributed by atoms with E-state index in [1.54, 1.807) is 40.8 Å². The SMILES string of the molecule is Cn1cc(C2c3ccccc3C(=O)N2CC(=O)NNC(=O)c2cc3cc(Cl)ccc3n2C)c2ccccc21. The van der Waals surface area contributed by atoms with Crippen LogP contribution in [0, 0.1) is 0 Å². The molecule has 1 aliphatic heterocycles. The molecule has 2 N–H and O–H groups in total. The molecule has 3 amide bonds. The van der Waals surface area contributed by atoms with Crippen LogP contribution in [0.3, 0.4) is 0 Å². The Morgan fingerprint density at radius 1 is 0.895 bits per heavy atom. The molecule has 0 bridgehead atoms. The van der Waals surface area contributed by atoms with Gasteiger partial charge >= 0.3 is 0 Å². The van der Waals surface area contributed by atoms with Crippen LogP contribution in [-0.2, 0) is 18.9 Å². The van der Waals surface area contributed by atoms with Gasteiger partial charge in [0, 0.05) is 58.2 Å². The molecule has 3 aromatic carbocycles. The Morgan fingerprint density at radius 3 is 2.50 bits per heavy atom. The van der Waals surface area contributed by atoms with Crippen LogP contribution < -0.4 is 10.9 Å². The van der Waals surface area contributed by atoms with Gasteiger partial charge in [-0.1, -0.05) is 48.0 Å². The number of rotatable bonds is 4. The fourth-order valence-electron chi connectivity index (χ4n) is 5.38. The molecule has 190 valence electrons. The molecule has 0 fully saturated rings. The number of halogens is 1. The van der Waals surface area contributed by atoms with Gasteiger partial charge in [0.25, 0.3) is 17.7 Å². The van der Waals surface area contributed by atoms with Crippen molar-refractivity contribution in [3.05, 3.63) is 106 Å². The first-order valence-corrected chi connectivity index (χ1v) is 12.5. The molecule has 0 saturated heterocycles. The van der Waals surface area contributed by atoms with Gasteiger partial charge in [-0.25, -0.2) is 0 Å². The van der Waals surface area contributed by atoms with Crippen molar-refractivity contribution in [1.29, 1.82) is 0 Å². The zero-order valence-electron chi connectivity index (χ0n) is 20.7. The van der Waals surface area contributed by atoms with Crippen molar-refractivity contribution in [3.8, 4) is 0 Å². The van der Waals surface area contributed by atoms with E-state index in [-0.39, 0.29) is 12.5 Å². The van der Waals surface area contributed by atoms with Crippen LogP contribution >= 0.6 is 11.6 Å². The van der Waals surface area contributed by atoms with Crippen LogP contribution in [0.4, 0.5) is 0 Å². The maximum absolute atomic E-state index is 13.4. The lowest BCUT2D eigenvalue weighted by Gasteiger charge is -2.25. The Labute approximate surface area is 223 Å². The Morgan fingerprint density at radius 2 is 1.66 bits per heavy atom. The molecule has 0 saturated carbocycles. The minimum Gasteiger partial charge on any atom is -0.350 e. The van der Waals surface area contributed by atoms with Gasteiger partial charge < -0.3 is 14.0 Å². The largest absolute Gasteiger partial charge is 0.350 e. The van der Waals surface area contributed by atoms with Crippen molar-refractivity contribution in [2.24, 2.45) is 14.1 Å². The van der Waals surface area contributed by atoms with Gasteiger partial charge in [-0.3, -0.25) is 25.2 Å². The highest BCUT2D eigenvalue weighted by Gasteiger charge is 2.39. The molecule has 8 nitrogen and oxygen atoms in total. The van der Waals surface area contributed by atoms with Gasteiger partial charge in [-0.2, -0.15) is 0 Å². The van der Waals surface area contributed by atoms with Gasteiger partial charge in [0.1, 0.15) is 12.2 Å². The summed E-state index contributed by atoms with van der Waals surface area (Å²) in [6.07, 6.45) is 2.00. The summed E-state index contributed by atoms with van der Waals surface area (Å²) in [7, 11) is 3.73. The summed E-state index contributed by atoms with van der Waals surface area (Å²) in [4.78, 5) is 40.9. The molecule has 1 unspecified atom stereocenters. The number of carbonyl (C=O) groups is 3. The standard InChI is InChI=1S/C29H24ClN5O3/c1-33-15-22(19-7-5-6-10-24(19)33)27-20-8-3-4-9-21(20)29(38)35(27)16-26(36)31-32-28(37)25-14-17-13-18(30)11-12-23(17)34(25)2/h3-15,27H,16H2,1-2H3,(H,31,36)(H,32,37). The monoisotopic (exact) mass is 525 g/mol. The molecule has 5 aromatic rings. The average molecular weight is 526 g/mol. The average Bonchev–Trinajstić information content (AvgIpc) is 3.52. The Hall–Kier alpha value is -4.56. The number of benzene rings is 3. The van der Waals surface area contributed by atoms with Gasteiger partial charge in [0.2, 0.25) is 0 Å². The summed E-state index contributed by atoms with van der Waals surface area (Å²) < 4.78 is 3.75. The second-order valence-corrected chi connectivity index (χ2v) is 9.87. The fraction of sp³-hybridized carbons (Fsp3) is 0.138. The van der Waals surface area contributed by atoms with Crippen molar-refractivity contribution in [1.82, 2.24) is 24.9 Å². The number of fused-ring (bicyclic) bond motifs is 3. The van der Waals surface area contributed by atoms with E-state index in [2.05, 4.69) is 10.9 Å². The summed E-state index contributed by atoms with van der Waals surface area (Å²) in [6, 6.07) is 22.0. The van der Waals surface area contributed by atoms with Crippen LogP contribution in [0.1, 0.15) is 38.0 Å². The highest BCUT2D eigenvalue weighted by Crippen LogP contribution is 2.41. The minimum atomic E-state index is -0.508. The predicted molar refractivity (Wildman–Crippen MR) is 146 cm³/mol. The molecule has 2 aromatic heterocycles. The quantitative estimate of drug-likeness (QED) is 0.342.